The number of aromatic nitrogens is 2. The number of primary amides is 3. The van der Waals surface area contributed by atoms with Crippen molar-refractivity contribution in [2.24, 2.45) is 57.1 Å². The molecule has 13 amide bonds. The molecule has 0 radical (unpaired) electrons. The monoisotopic (exact) mass is 1350 g/mol. The molecule has 2 rings (SSSR count). The molecule has 0 saturated heterocycles. The number of thioether (sulfide) groups is 1. The second-order valence-corrected chi connectivity index (χ2v) is 25.0. The largest absolute Gasteiger partial charge is 0.481 e. The molecule has 35 nitrogen and oxygen atoms in total. The Bertz CT molecular complexity index is 2780. The number of carbonyl (C=O) groups is 14. The minimum absolute atomic E-state index is 0.0133. The number of nitrogens with one attached hydrogen (secondary N) is 11. The quantitative estimate of drug-likeness (QED) is 0.0165. The third kappa shape index (κ3) is 28.7. The number of hydrogen-bond donors (Lipinski definition) is 19. The van der Waals surface area contributed by atoms with Gasteiger partial charge in [-0.25, -0.2) is 4.98 Å². The summed E-state index contributed by atoms with van der Waals surface area (Å²) >= 11 is 1.31. The van der Waals surface area contributed by atoms with Crippen molar-refractivity contribution in [1.29, 1.82) is 0 Å². The molecule has 0 aliphatic heterocycles. The van der Waals surface area contributed by atoms with Gasteiger partial charge >= 0.3 is 5.97 Å². The van der Waals surface area contributed by atoms with E-state index in [4.69, 9.17) is 34.4 Å². The number of amides is 13. The van der Waals surface area contributed by atoms with Gasteiger partial charge in [-0.05, 0) is 87.5 Å². The Morgan fingerprint density at radius 1 is 0.606 bits per heavy atom. The molecule has 1 aromatic heterocycles. The third-order valence-electron chi connectivity index (χ3n) is 15.5. The molecule has 1 aromatic rings. The lowest BCUT2D eigenvalue weighted by Crippen LogP contribution is -2.65. The Labute approximate surface area is 549 Å². The van der Waals surface area contributed by atoms with Gasteiger partial charge in [-0.1, -0.05) is 60.8 Å². The van der Waals surface area contributed by atoms with E-state index in [0.717, 1.165) is 0 Å². The maximum absolute atomic E-state index is 14.5. The molecule has 0 spiro atoms. The first-order valence-electron chi connectivity index (χ1n) is 31.2. The summed E-state index contributed by atoms with van der Waals surface area (Å²) in [6.45, 7) is 9.36. The number of carboxylic acid groups (broad SMARTS) is 1. The molecule has 1 fully saturated rings. The minimum Gasteiger partial charge on any atom is -0.481 e. The molecule has 25 N–H and O–H groups in total. The summed E-state index contributed by atoms with van der Waals surface area (Å²) in [7, 11) is 0. The van der Waals surface area contributed by atoms with Crippen LogP contribution in [0.5, 0.6) is 0 Å². The van der Waals surface area contributed by atoms with Crippen LogP contribution in [0.2, 0.25) is 0 Å². The Balaban J connectivity index is 2.51. The number of rotatable bonds is 45. The topological polar surface area (TPSA) is 597 Å². The molecule has 36 heteroatoms. The van der Waals surface area contributed by atoms with Gasteiger partial charge < -0.3 is 103 Å². The summed E-state index contributed by atoms with van der Waals surface area (Å²) in [4.78, 5) is 200. The molecule has 0 unspecified atom stereocenters. The average Bonchev–Trinajstić information content (AvgIpc) is 1.54. The molecule has 1 aliphatic carbocycles. The summed E-state index contributed by atoms with van der Waals surface area (Å²) < 4.78 is 0. The highest BCUT2D eigenvalue weighted by atomic mass is 32.2. The number of aliphatic hydroxyl groups excluding tert-OH is 1. The number of guanidine groups is 1. The summed E-state index contributed by atoms with van der Waals surface area (Å²) in [5, 5.41) is 45.0. The van der Waals surface area contributed by atoms with Crippen molar-refractivity contribution in [3.05, 3.63) is 18.2 Å². The van der Waals surface area contributed by atoms with Crippen molar-refractivity contribution in [2.45, 2.75) is 210 Å². The summed E-state index contributed by atoms with van der Waals surface area (Å²) in [5.41, 5.74) is 31.6. The van der Waals surface area contributed by atoms with E-state index >= 15 is 0 Å². The fourth-order valence-corrected chi connectivity index (χ4v) is 10.4. The highest BCUT2D eigenvalue weighted by Gasteiger charge is 2.46. The van der Waals surface area contributed by atoms with Crippen LogP contribution in [0.25, 0.3) is 0 Å². The highest BCUT2D eigenvalue weighted by Crippen LogP contribution is 2.31. The summed E-state index contributed by atoms with van der Waals surface area (Å²) in [5.74, 6) is -14.6. The van der Waals surface area contributed by atoms with Gasteiger partial charge in [0.05, 0.1) is 12.9 Å². The van der Waals surface area contributed by atoms with Gasteiger partial charge in [0.25, 0.3) is 0 Å². The van der Waals surface area contributed by atoms with E-state index in [1.807, 2.05) is 0 Å². The zero-order valence-electron chi connectivity index (χ0n) is 54.5. The van der Waals surface area contributed by atoms with Crippen molar-refractivity contribution in [1.82, 2.24) is 63.1 Å². The maximum Gasteiger partial charge on any atom is 0.303 e. The maximum atomic E-state index is 14.5. The minimum atomic E-state index is -1.64. The van der Waals surface area contributed by atoms with E-state index in [2.05, 4.69) is 68.1 Å². The van der Waals surface area contributed by atoms with Crippen LogP contribution in [0.15, 0.2) is 17.5 Å². The summed E-state index contributed by atoms with van der Waals surface area (Å²) in [6.07, 6.45) is 2.74. The van der Waals surface area contributed by atoms with Gasteiger partial charge in [-0.3, -0.25) is 72.1 Å². The van der Waals surface area contributed by atoms with Crippen molar-refractivity contribution in [3.8, 4) is 0 Å². The van der Waals surface area contributed by atoms with E-state index in [1.165, 1.54) is 24.3 Å². The average molecular weight is 1350 g/mol. The summed E-state index contributed by atoms with van der Waals surface area (Å²) in [6, 6.07) is -14.4. The van der Waals surface area contributed by atoms with Gasteiger partial charge in [0, 0.05) is 44.1 Å². The number of aliphatic carboxylic acids is 1. The Morgan fingerprint density at radius 3 is 1.56 bits per heavy atom. The number of aromatic amines is 1. The number of imidazole rings is 1. The second-order valence-electron chi connectivity index (χ2n) is 24.0. The predicted octanol–water partition coefficient (Wildman–Crippen LogP) is -5.50. The van der Waals surface area contributed by atoms with Gasteiger partial charge in [0.15, 0.2) is 5.96 Å². The number of aliphatic hydroxyl groups is 1. The molecule has 1 saturated carbocycles. The van der Waals surface area contributed by atoms with Crippen LogP contribution >= 0.6 is 11.8 Å². The van der Waals surface area contributed by atoms with Gasteiger partial charge in [-0.2, -0.15) is 11.8 Å². The van der Waals surface area contributed by atoms with E-state index in [0.29, 0.717) is 18.5 Å². The third-order valence-corrected chi connectivity index (χ3v) is 16.2. The molecule has 0 aromatic carbocycles. The number of nitrogens with two attached hydrogens (primary N) is 6. The SMILES string of the molecule is CC[C@H](C)[C@H](NC(=O)[C@H](CCC(=O)O)NC(=O)C1(NC(=O)[C@@H](NC(=O)[C@@H](N)CO)C(C)C)CCCC1)C(=O)N[C@@H](CCC(N)=O)C(=O)N[C@@H](CC(C)C)C(=O)N[C@@H](CCSC)C(=O)N[C@@H](Cc1cnc[nH]1)C(=O)N[C@@H](CCC(N)=O)C(=O)N[C@@H](CCCN=C(N)N)C(N)=O. The molecule has 1 heterocycles. The first-order valence-corrected chi connectivity index (χ1v) is 32.6. The molecule has 94 heavy (non-hydrogen) atoms. The van der Waals surface area contributed by atoms with E-state index in [-0.39, 0.29) is 82.0 Å². The van der Waals surface area contributed by atoms with Crippen molar-refractivity contribution in [2.75, 3.05) is 25.2 Å². The molecule has 0 bridgehead atoms. The van der Waals surface area contributed by atoms with Crippen LogP contribution in [0.1, 0.15) is 144 Å². The van der Waals surface area contributed by atoms with E-state index in [1.54, 1.807) is 47.8 Å². The van der Waals surface area contributed by atoms with E-state index < -0.39 is 199 Å². The first kappa shape index (κ1) is 81.4. The molecule has 528 valence electrons. The molecular weight excluding hydrogens is 1250 g/mol. The van der Waals surface area contributed by atoms with Crippen molar-refractivity contribution in [3.63, 3.8) is 0 Å². The molecule has 11 atom stereocenters. The van der Waals surface area contributed by atoms with Crippen LogP contribution in [0, 0.1) is 17.8 Å². The zero-order chi connectivity index (χ0) is 71.0. The number of nitrogens with zero attached hydrogens (tertiary/aromatic N) is 2. The lowest BCUT2D eigenvalue weighted by molar-refractivity contribution is -0.140. The predicted molar refractivity (Wildman–Crippen MR) is 344 cm³/mol. The number of hydrogen-bond acceptors (Lipinski definition) is 19. The Morgan fingerprint density at radius 2 is 1.09 bits per heavy atom. The molecule has 1 aliphatic rings. The van der Waals surface area contributed by atoms with Crippen LogP contribution in [-0.4, -0.2) is 200 Å². The van der Waals surface area contributed by atoms with E-state index in [9.17, 15) is 77.3 Å². The number of carbonyl (C=O) groups excluding carboxylic acids is 13. The van der Waals surface area contributed by atoms with Gasteiger partial charge in [0.1, 0.15) is 66.0 Å². The van der Waals surface area contributed by atoms with Gasteiger partial charge in [0.2, 0.25) is 76.8 Å². The number of aliphatic imine (C=N–C) groups is 1. The molecular formula is C58H99N19O16S. The fourth-order valence-electron chi connectivity index (χ4n) is 9.92. The zero-order valence-corrected chi connectivity index (χ0v) is 55.3. The Hall–Kier alpha value is -8.67. The Kier molecular flexibility index (Phi) is 35.6. The van der Waals surface area contributed by atoms with Crippen LogP contribution < -0.4 is 87.6 Å². The normalized spacial score (nSPS) is 16.0. The van der Waals surface area contributed by atoms with Crippen molar-refractivity contribution < 1.29 is 77.3 Å². The smallest absolute Gasteiger partial charge is 0.303 e. The number of H-pyrrole nitrogens is 1. The highest BCUT2D eigenvalue weighted by molar-refractivity contribution is 7.98. The van der Waals surface area contributed by atoms with Crippen molar-refractivity contribution >= 4 is 100 Å². The van der Waals surface area contributed by atoms with Crippen LogP contribution in [0.4, 0.5) is 0 Å². The standard InChI is InChI=1S/C58H99N19O16S/c1-8-31(6)45(76-51(88)37(15-18-43(81)82)74-56(93)58(20-9-10-21-58)77-55(92)44(30(4)5)75-47(84)33(59)27-78)54(91)71-36(14-17-42(61)80)49(86)72-39(24-29(2)3)52(89)70-38(19-23-94-7)50(87)73-40(25-32-26-65-28-67-32)53(90)69-35(13-16-41(60)79)48(85)68-34(46(62)83)12-11-22-66-57(63)64/h26,28-31,33-40,44-45,78H,8-25,27,59H2,1-7H3,(H2,60,79)(H2,61,80)(H2,62,83)(H,65,67)(H,68,85)(H,69,90)(H,70,89)(H,71,91)(H,72,86)(H,73,87)(H,74,93)(H,75,84)(H,76,88)(H,77,92)(H,81,82)(H4,63,64,66)/t31-,33-,34-,35-,36-,37-,38-,39-,40-,44-,45-/m0/s1. The lowest BCUT2D eigenvalue weighted by atomic mass is 9.93. The van der Waals surface area contributed by atoms with Crippen LogP contribution in [-0.2, 0) is 73.5 Å². The lowest BCUT2D eigenvalue weighted by Gasteiger charge is -2.34. The second kappa shape index (κ2) is 41.1. The van der Waals surface area contributed by atoms with Gasteiger partial charge in [-0.15, -0.1) is 0 Å². The fraction of sp³-hybridized carbons (Fsp3) is 0.690. The van der Waals surface area contributed by atoms with Crippen LogP contribution in [0.3, 0.4) is 0 Å². The number of carboxylic acids is 1. The first-order chi connectivity index (χ1) is 44.2.